The van der Waals surface area contributed by atoms with Crippen LogP contribution in [0.1, 0.15) is 20.3 Å². The second-order valence-corrected chi connectivity index (χ2v) is 3.64. The fourth-order valence-electron chi connectivity index (χ4n) is 1.43. The number of rotatable bonds is 7. The van der Waals surface area contributed by atoms with Crippen LogP contribution in [-0.4, -0.2) is 42.3 Å². The Hall–Kier alpha value is -1.87. The predicted molar refractivity (Wildman–Crippen MR) is 58.2 cm³/mol. The maximum absolute atomic E-state index is 12.8. The molecule has 0 aromatic heterocycles. The number of hydrogen-bond acceptors (Lipinski definition) is 6. The van der Waals surface area contributed by atoms with Gasteiger partial charge in [0, 0.05) is 4.92 Å². The molecule has 0 fully saturated rings. The number of alkyl halides is 3. The highest BCUT2D eigenvalue weighted by atomic mass is 19.4. The molecule has 116 valence electrons. The van der Waals surface area contributed by atoms with Crippen LogP contribution in [0.25, 0.3) is 0 Å². The van der Waals surface area contributed by atoms with Crippen LogP contribution in [-0.2, 0) is 19.1 Å². The van der Waals surface area contributed by atoms with E-state index in [-0.39, 0.29) is 13.2 Å². The molecule has 0 aliphatic carbocycles. The largest absolute Gasteiger partial charge is 0.466 e. The maximum atomic E-state index is 12.8. The lowest BCUT2D eigenvalue weighted by Gasteiger charge is -2.21. The van der Waals surface area contributed by atoms with Gasteiger partial charge in [0.2, 0.25) is 0 Å². The number of hydrogen-bond donors (Lipinski definition) is 0. The number of carbonyl (C=O) groups excluding carboxylic acids is 2. The summed E-state index contributed by atoms with van der Waals surface area (Å²) in [7, 11) is 0. The third kappa shape index (κ3) is 5.41. The summed E-state index contributed by atoms with van der Waals surface area (Å²) in [6, 6.07) is -2.70. The molecule has 0 radical (unpaired) electrons. The highest BCUT2D eigenvalue weighted by molar-refractivity contribution is 5.77. The Morgan fingerprint density at radius 2 is 1.70 bits per heavy atom. The lowest BCUT2D eigenvalue weighted by Crippen LogP contribution is -2.46. The van der Waals surface area contributed by atoms with Gasteiger partial charge in [-0.05, 0) is 13.8 Å². The van der Waals surface area contributed by atoms with E-state index < -0.39 is 41.4 Å². The zero-order valence-corrected chi connectivity index (χ0v) is 10.8. The SMILES string of the molecule is CCOC(=O)CC(C(C(=O)OCC)[N+](=O)[O-])C(F)(F)F. The van der Waals surface area contributed by atoms with Crippen molar-refractivity contribution in [2.45, 2.75) is 32.5 Å². The number of esters is 2. The first-order valence-corrected chi connectivity index (χ1v) is 5.67. The first-order valence-electron chi connectivity index (χ1n) is 5.67. The molecule has 0 spiro atoms. The van der Waals surface area contributed by atoms with E-state index in [0.717, 1.165) is 0 Å². The minimum absolute atomic E-state index is 0.175. The molecule has 20 heavy (non-hydrogen) atoms. The smallest absolute Gasteiger partial charge is 0.399 e. The van der Waals surface area contributed by atoms with Gasteiger partial charge in [0.05, 0.1) is 19.6 Å². The second kappa shape index (κ2) is 7.65. The molecule has 0 N–H and O–H groups in total. The van der Waals surface area contributed by atoms with E-state index in [1.807, 2.05) is 0 Å². The quantitative estimate of drug-likeness (QED) is 0.400. The van der Waals surface area contributed by atoms with Crippen LogP contribution >= 0.6 is 0 Å². The molecule has 0 aromatic carbocycles. The van der Waals surface area contributed by atoms with Crippen molar-refractivity contribution < 1.29 is 37.2 Å². The summed E-state index contributed by atoms with van der Waals surface area (Å²) >= 11 is 0. The van der Waals surface area contributed by atoms with Gasteiger partial charge in [-0.3, -0.25) is 14.9 Å². The average Bonchev–Trinajstić information content (AvgIpc) is 2.27. The second-order valence-electron chi connectivity index (χ2n) is 3.64. The van der Waals surface area contributed by atoms with E-state index in [2.05, 4.69) is 9.47 Å². The third-order valence-electron chi connectivity index (χ3n) is 2.25. The Kier molecular flexibility index (Phi) is 6.94. The summed E-state index contributed by atoms with van der Waals surface area (Å²) in [5.41, 5.74) is 0. The zero-order chi connectivity index (χ0) is 15.9. The Labute approximate surface area is 112 Å². The summed E-state index contributed by atoms with van der Waals surface area (Å²) in [6.45, 7) is 2.18. The normalized spacial score (nSPS) is 14.2. The van der Waals surface area contributed by atoms with E-state index in [1.165, 1.54) is 13.8 Å². The minimum atomic E-state index is -5.11. The first-order chi connectivity index (χ1) is 9.15. The van der Waals surface area contributed by atoms with E-state index in [9.17, 15) is 32.9 Å². The Bertz CT molecular complexity index is 370. The Morgan fingerprint density at radius 3 is 2.05 bits per heavy atom. The summed E-state index contributed by atoms with van der Waals surface area (Å²) < 4.78 is 47.0. The lowest BCUT2D eigenvalue weighted by atomic mass is 9.96. The van der Waals surface area contributed by atoms with Crippen molar-refractivity contribution in [1.82, 2.24) is 0 Å². The molecule has 0 aliphatic heterocycles. The average molecular weight is 301 g/mol. The van der Waals surface area contributed by atoms with E-state index >= 15 is 0 Å². The van der Waals surface area contributed by atoms with Gasteiger partial charge in [-0.1, -0.05) is 0 Å². The Balaban J connectivity index is 5.29. The van der Waals surface area contributed by atoms with Crippen molar-refractivity contribution in [2.24, 2.45) is 5.92 Å². The van der Waals surface area contributed by atoms with Crippen molar-refractivity contribution in [2.75, 3.05) is 13.2 Å². The molecule has 0 heterocycles. The molecule has 0 amide bonds. The van der Waals surface area contributed by atoms with Gasteiger partial charge < -0.3 is 9.47 Å². The molecule has 0 saturated carbocycles. The number of carbonyl (C=O) groups is 2. The minimum Gasteiger partial charge on any atom is -0.466 e. The molecule has 7 nitrogen and oxygen atoms in total. The van der Waals surface area contributed by atoms with E-state index in [0.29, 0.717) is 0 Å². The highest BCUT2D eigenvalue weighted by Gasteiger charge is 2.56. The number of halogens is 3. The topological polar surface area (TPSA) is 95.7 Å². The van der Waals surface area contributed by atoms with Gasteiger partial charge in [-0.2, -0.15) is 13.2 Å². The predicted octanol–water partition coefficient (Wildman–Crippen LogP) is 1.33. The zero-order valence-electron chi connectivity index (χ0n) is 10.8. The molecule has 0 rings (SSSR count). The van der Waals surface area contributed by atoms with Crippen molar-refractivity contribution >= 4 is 11.9 Å². The molecule has 0 aliphatic rings. The molecular formula is C10H14F3NO6. The fraction of sp³-hybridized carbons (Fsp3) is 0.800. The van der Waals surface area contributed by atoms with Crippen LogP contribution in [0.15, 0.2) is 0 Å². The molecule has 10 heteroatoms. The third-order valence-corrected chi connectivity index (χ3v) is 2.25. The van der Waals surface area contributed by atoms with Crippen molar-refractivity contribution in [3.05, 3.63) is 10.1 Å². The number of ether oxygens (including phenoxy) is 2. The van der Waals surface area contributed by atoms with Gasteiger partial charge >= 0.3 is 24.2 Å². The van der Waals surface area contributed by atoms with Crippen LogP contribution in [0.3, 0.4) is 0 Å². The van der Waals surface area contributed by atoms with Gasteiger partial charge in [-0.15, -0.1) is 0 Å². The van der Waals surface area contributed by atoms with Gasteiger partial charge in [0.15, 0.2) is 0 Å². The monoisotopic (exact) mass is 301 g/mol. The van der Waals surface area contributed by atoms with Crippen LogP contribution in [0.4, 0.5) is 13.2 Å². The van der Waals surface area contributed by atoms with Crippen LogP contribution in [0.5, 0.6) is 0 Å². The van der Waals surface area contributed by atoms with Crippen LogP contribution in [0, 0.1) is 16.0 Å². The van der Waals surface area contributed by atoms with Crippen LogP contribution in [0.2, 0.25) is 0 Å². The molecule has 0 bridgehead atoms. The molecule has 2 atom stereocenters. The molecule has 0 aromatic rings. The fourth-order valence-corrected chi connectivity index (χ4v) is 1.43. The summed E-state index contributed by atoms with van der Waals surface area (Å²) in [5.74, 6) is -5.70. The maximum Gasteiger partial charge on any atom is 0.399 e. The van der Waals surface area contributed by atoms with Crippen molar-refractivity contribution in [1.29, 1.82) is 0 Å². The van der Waals surface area contributed by atoms with Crippen molar-refractivity contribution in [3.8, 4) is 0 Å². The summed E-state index contributed by atoms with van der Waals surface area (Å²) in [6.07, 6.45) is -6.43. The summed E-state index contributed by atoms with van der Waals surface area (Å²) in [5, 5.41) is 10.7. The molecule has 0 saturated heterocycles. The van der Waals surface area contributed by atoms with E-state index in [4.69, 9.17) is 0 Å². The number of nitro groups is 1. The summed E-state index contributed by atoms with van der Waals surface area (Å²) in [4.78, 5) is 31.7. The lowest BCUT2D eigenvalue weighted by molar-refractivity contribution is -0.529. The molecule has 2 unspecified atom stereocenters. The molecular weight excluding hydrogens is 287 g/mol. The highest BCUT2D eigenvalue weighted by Crippen LogP contribution is 2.33. The van der Waals surface area contributed by atoms with Crippen molar-refractivity contribution in [3.63, 3.8) is 0 Å². The van der Waals surface area contributed by atoms with Crippen LogP contribution < -0.4 is 0 Å². The Morgan fingerprint density at radius 1 is 1.20 bits per heavy atom. The number of nitrogens with zero attached hydrogens (tertiary/aromatic N) is 1. The van der Waals surface area contributed by atoms with Gasteiger partial charge in [-0.25, -0.2) is 4.79 Å². The van der Waals surface area contributed by atoms with Gasteiger partial charge in [0.25, 0.3) is 0 Å². The van der Waals surface area contributed by atoms with E-state index in [1.54, 1.807) is 0 Å². The first kappa shape index (κ1) is 18.1. The van der Waals surface area contributed by atoms with Gasteiger partial charge in [0.1, 0.15) is 5.92 Å². The standard InChI is InChI=1S/C10H14F3NO6/c1-3-19-7(15)5-6(10(11,12)13)8(14(17)18)9(16)20-4-2/h6,8H,3-5H2,1-2H3.